The lowest BCUT2D eigenvalue weighted by Crippen LogP contribution is -2.57. The summed E-state index contributed by atoms with van der Waals surface area (Å²) in [6.07, 6.45) is -0.119. The normalized spacial score (nSPS) is 20.0. The molecule has 5 unspecified atom stereocenters. The Balaban J connectivity index is 2.73. The van der Waals surface area contributed by atoms with Crippen molar-refractivity contribution in [3.63, 3.8) is 0 Å². The molecule has 4 amide bonds. The standard InChI is InChI=1S/C17H29N5O7/c1-8(14(25)22-13(9(2)23)17(28)29)20-16(27)11(5-6-12(18)24)21-15(26)10-4-3-7-19-10/h8-11,13,19,23H,3-7H2,1-2H3,(H2,18,24)(H,20,27)(H,21,26)(H,22,25)(H,28,29). The van der Waals surface area contributed by atoms with Gasteiger partial charge in [0.15, 0.2) is 6.04 Å². The molecule has 1 heterocycles. The van der Waals surface area contributed by atoms with Gasteiger partial charge in [0.2, 0.25) is 23.6 Å². The fourth-order valence-electron chi connectivity index (χ4n) is 2.78. The predicted molar refractivity (Wildman–Crippen MR) is 100 cm³/mol. The van der Waals surface area contributed by atoms with Gasteiger partial charge >= 0.3 is 5.97 Å². The van der Waals surface area contributed by atoms with Crippen molar-refractivity contribution >= 4 is 29.6 Å². The Morgan fingerprint density at radius 3 is 2.24 bits per heavy atom. The number of aliphatic hydroxyl groups excluding tert-OH is 1. The lowest BCUT2D eigenvalue weighted by Gasteiger charge is -2.24. The predicted octanol–water partition coefficient (Wildman–Crippen LogP) is -3.06. The Kier molecular flexibility index (Phi) is 9.48. The lowest BCUT2D eigenvalue weighted by atomic mass is 10.1. The maximum atomic E-state index is 12.5. The molecule has 0 radical (unpaired) electrons. The summed E-state index contributed by atoms with van der Waals surface area (Å²) in [7, 11) is 0. The Labute approximate surface area is 168 Å². The molecule has 1 aliphatic rings. The van der Waals surface area contributed by atoms with Gasteiger partial charge in [-0.05, 0) is 39.7 Å². The minimum atomic E-state index is -1.54. The van der Waals surface area contributed by atoms with E-state index in [-0.39, 0.29) is 12.8 Å². The molecule has 0 aliphatic carbocycles. The van der Waals surface area contributed by atoms with E-state index in [9.17, 15) is 29.1 Å². The molecule has 1 saturated heterocycles. The van der Waals surface area contributed by atoms with E-state index in [1.165, 1.54) is 13.8 Å². The molecule has 8 N–H and O–H groups in total. The fraction of sp³-hybridized carbons (Fsp3) is 0.706. The van der Waals surface area contributed by atoms with E-state index in [1.54, 1.807) is 0 Å². The van der Waals surface area contributed by atoms with E-state index in [4.69, 9.17) is 10.8 Å². The van der Waals surface area contributed by atoms with E-state index in [2.05, 4.69) is 21.3 Å². The summed E-state index contributed by atoms with van der Waals surface area (Å²) in [6, 6.07) is -4.23. The number of hydrogen-bond acceptors (Lipinski definition) is 7. The Morgan fingerprint density at radius 1 is 1.10 bits per heavy atom. The van der Waals surface area contributed by atoms with Crippen LogP contribution in [0.4, 0.5) is 0 Å². The molecule has 0 aromatic rings. The summed E-state index contributed by atoms with van der Waals surface area (Å²) in [6.45, 7) is 3.20. The Hall–Kier alpha value is -2.73. The van der Waals surface area contributed by atoms with Crippen LogP contribution < -0.4 is 27.0 Å². The number of primary amides is 1. The number of carboxylic acids is 1. The van der Waals surface area contributed by atoms with E-state index in [1.807, 2.05) is 0 Å². The molecule has 0 aromatic carbocycles. The molecule has 1 aliphatic heterocycles. The molecular formula is C17H29N5O7. The van der Waals surface area contributed by atoms with Crippen LogP contribution in [-0.4, -0.2) is 76.6 Å². The number of carbonyl (C=O) groups excluding carboxylic acids is 4. The van der Waals surface area contributed by atoms with E-state index < -0.39 is 59.9 Å². The third kappa shape index (κ3) is 8.03. The molecule has 0 bridgehead atoms. The largest absolute Gasteiger partial charge is 0.480 e. The lowest BCUT2D eigenvalue weighted by molar-refractivity contribution is -0.145. The van der Waals surface area contributed by atoms with Crippen LogP contribution in [0.1, 0.15) is 39.5 Å². The van der Waals surface area contributed by atoms with Crippen molar-refractivity contribution in [3.8, 4) is 0 Å². The van der Waals surface area contributed by atoms with Gasteiger partial charge in [0, 0.05) is 6.42 Å². The third-order valence-electron chi connectivity index (χ3n) is 4.49. The summed E-state index contributed by atoms with van der Waals surface area (Å²) in [5.41, 5.74) is 5.12. The van der Waals surface area contributed by atoms with Gasteiger partial charge < -0.3 is 37.2 Å². The van der Waals surface area contributed by atoms with Crippen molar-refractivity contribution in [2.75, 3.05) is 6.54 Å². The first-order valence-electron chi connectivity index (χ1n) is 9.36. The van der Waals surface area contributed by atoms with E-state index in [0.29, 0.717) is 13.0 Å². The molecular weight excluding hydrogens is 386 g/mol. The van der Waals surface area contributed by atoms with Crippen LogP contribution in [0.3, 0.4) is 0 Å². The first kappa shape index (κ1) is 24.3. The van der Waals surface area contributed by atoms with Gasteiger partial charge in [-0.25, -0.2) is 4.79 Å². The molecule has 1 rings (SSSR count). The van der Waals surface area contributed by atoms with Gasteiger partial charge in [-0.2, -0.15) is 0 Å². The highest BCUT2D eigenvalue weighted by Crippen LogP contribution is 2.07. The van der Waals surface area contributed by atoms with Crippen molar-refractivity contribution in [1.29, 1.82) is 0 Å². The molecule has 5 atom stereocenters. The van der Waals surface area contributed by atoms with Crippen LogP contribution in [0.25, 0.3) is 0 Å². The topological polar surface area (TPSA) is 200 Å². The van der Waals surface area contributed by atoms with Crippen molar-refractivity contribution in [3.05, 3.63) is 0 Å². The van der Waals surface area contributed by atoms with Crippen molar-refractivity contribution in [1.82, 2.24) is 21.3 Å². The highest BCUT2D eigenvalue weighted by molar-refractivity contribution is 5.94. The van der Waals surface area contributed by atoms with Gasteiger partial charge in [0.1, 0.15) is 12.1 Å². The molecule has 0 aromatic heterocycles. The number of amides is 4. The summed E-state index contributed by atoms with van der Waals surface area (Å²) in [4.78, 5) is 59.1. The number of carboxylic acid groups (broad SMARTS) is 1. The van der Waals surface area contributed by atoms with Crippen LogP contribution in [0.2, 0.25) is 0 Å². The van der Waals surface area contributed by atoms with Gasteiger partial charge in [0.05, 0.1) is 12.1 Å². The molecule has 164 valence electrons. The molecule has 12 nitrogen and oxygen atoms in total. The van der Waals surface area contributed by atoms with Crippen LogP contribution in [0.15, 0.2) is 0 Å². The van der Waals surface area contributed by atoms with Gasteiger partial charge in [0.25, 0.3) is 0 Å². The number of nitrogens with two attached hydrogens (primary N) is 1. The highest BCUT2D eigenvalue weighted by Gasteiger charge is 2.31. The SMILES string of the molecule is CC(NC(=O)C(CCC(N)=O)NC(=O)C1CCCN1)C(=O)NC(C(=O)O)C(C)O. The highest BCUT2D eigenvalue weighted by atomic mass is 16.4. The first-order valence-corrected chi connectivity index (χ1v) is 9.36. The van der Waals surface area contributed by atoms with Gasteiger partial charge in [-0.15, -0.1) is 0 Å². The summed E-state index contributed by atoms with van der Waals surface area (Å²) >= 11 is 0. The summed E-state index contributed by atoms with van der Waals surface area (Å²) < 4.78 is 0. The second-order valence-electron chi connectivity index (χ2n) is 7.01. The number of aliphatic carboxylic acids is 1. The maximum Gasteiger partial charge on any atom is 0.328 e. The molecule has 12 heteroatoms. The number of hydrogen-bond donors (Lipinski definition) is 7. The minimum absolute atomic E-state index is 0.0562. The molecule has 29 heavy (non-hydrogen) atoms. The Morgan fingerprint density at radius 2 is 1.76 bits per heavy atom. The van der Waals surface area contributed by atoms with Gasteiger partial charge in [-0.3, -0.25) is 19.2 Å². The zero-order valence-corrected chi connectivity index (χ0v) is 16.4. The maximum absolute atomic E-state index is 12.5. The van der Waals surface area contributed by atoms with Gasteiger partial charge in [-0.1, -0.05) is 0 Å². The second kappa shape index (κ2) is 11.3. The van der Waals surface area contributed by atoms with E-state index >= 15 is 0 Å². The molecule has 0 spiro atoms. The number of rotatable bonds is 11. The summed E-state index contributed by atoms with van der Waals surface area (Å²) in [5.74, 6) is -4.02. The number of aliphatic hydroxyl groups is 1. The Bertz CT molecular complexity index is 634. The average Bonchev–Trinajstić information content (AvgIpc) is 3.16. The summed E-state index contributed by atoms with van der Waals surface area (Å²) in [5, 5.41) is 28.5. The van der Waals surface area contributed by atoms with Crippen molar-refractivity contribution in [2.45, 2.75) is 69.8 Å². The first-order chi connectivity index (χ1) is 13.5. The minimum Gasteiger partial charge on any atom is -0.480 e. The van der Waals surface area contributed by atoms with Crippen LogP contribution in [0.5, 0.6) is 0 Å². The quantitative estimate of drug-likeness (QED) is 0.184. The molecule has 0 saturated carbocycles. The zero-order valence-electron chi connectivity index (χ0n) is 16.4. The smallest absolute Gasteiger partial charge is 0.328 e. The third-order valence-corrected chi connectivity index (χ3v) is 4.49. The second-order valence-corrected chi connectivity index (χ2v) is 7.01. The average molecular weight is 415 g/mol. The fourth-order valence-corrected chi connectivity index (χ4v) is 2.78. The zero-order chi connectivity index (χ0) is 22.1. The van der Waals surface area contributed by atoms with Crippen LogP contribution >= 0.6 is 0 Å². The monoisotopic (exact) mass is 415 g/mol. The van der Waals surface area contributed by atoms with Crippen molar-refractivity contribution < 1.29 is 34.2 Å². The molecule has 1 fully saturated rings. The number of nitrogens with one attached hydrogen (secondary N) is 4. The van der Waals surface area contributed by atoms with Crippen LogP contribution in [-0.2, 0) is 24.0 Å². The van der Waals surface area contributed by atoms with Crippen LogP contribution in [0, 0.1) is 0 Å². The van der Waals surface area contributed by atoms with Crippen molar-refractivity contribution in [2.24, 2.45) is 5.73 Å². The van der Waals surface area contributed by atoms with E-state index in [0.717, 1.165) is 6.42 Å². The number of carbonyl (C=O) groups is 5.